The third-order valence-electron chi connectivity index (χ3n) is 4.48. The Labute approximate surface area is 158 Å². The molecular weight excluding hydrogens is 360 g/mol. The second-order valence-electron chi connectivity index (χ2n) is 6.62. The summed E-state index contributed by atoms with van der Waals surface area (Å²) in [6, 6.07) is 20.6. The van der Waals surface area contributed by atoms with E-state index in [1.54, 1.807) is 18.2 Å². The number of rotatable bonds is 4. The van der Waals surface area contributed by atoms with Gasteiger partial charge in [-0.3, -0.25) is 9.52 Å². The molecule has 1 aliphatic rings. The second kappa shape index (κ2) is 6.55. The molecule has 0 atom stereocenters. The van der Waals surface area contributed by atoms with E-state index in [2.05, 4.69) is 22.2 Å². The van der Waals surface area contributed by atoms with Crippen molar-refractivity contribution in [3.05, 3.63) is 83.4 Å². The van der Waals surface area contributed by atoms with Crippen molar-refractivity contribution in [1.82, 2.24) is 0 Å². The standard InChI is InChI=1S/C21H18N2O3S/c1-27(25,26)23-18-7-4-6-15(12-18)21(24)22-17-9-10-20-16(13-17)11-14-5-2-3-8-19(14)20/h2-10,12-13,23H,11H2,1H3,(H,22,24). The molecule has 0 fully saturated rings. The molecule has 2 N–H and O–H groups in total. The Morgan fingerprint density at radius 3 is 2.44 bits per heavy atom. The summed E-state index contributed by atoms with van der Waals surface area (Å²) in [7, 11) is -3.39. The van der Waals surface area contributed by atoms with Crippen LogP contribution >= 0.6 is 0 Å². The summed E-state index contributed by atoms with van der Waals surface area (Å²) >= 11 is 0. The number of carbonyl (C=O) groups is 1. The number of amides is 1. The van der Waals surface area contributed by atoms with Gasteiger partial charge in [0.1, 0.15) is 0 Å². The quantitative estimate of drug-likeness (QED) is 0.566. The van der Waals surface area contributed by atoms with E-state index in [1.165, 1.54) is 28.3 Å². The van der Waals surface area contributed by atoms with Gasteiger partial charge in [-0.1, -0.05) is 36.4 Å². The maximum atomic E-state index is 12.6. The first-order valence-electron chi connectivity index (χ1n) is 8.49. The summed E-state index contributed by atoms with van der Waals surface area (Å²) in [5.74, 6) is -0.289. The van der Waals surface area contributed by atoms with E-state index in [4.69, 9.17) is 0 Å². The molecule has 0 spiro atoms. The maximum Gasteiger partial charge on any atom is 0.255 e. The van der Waals surface area contributed by atoms with Crippen LogP contribution in [0.4, 0.5) is 11.4 Å². The summed E-state index contributed by atoms with van der Waals surface area (Å²) in [5, 5.41) is 2.89. The lowest BCUT2D eigenvalue weighted by Crippen LogP contribution is -2.14. The Hall–Kier alpha value is -3.12. The molecule has 0 heterocycles. The summed E-state index contributed by atoms with van der Waals surface area (Å²) in [5.41, 5.74) is 6.36. The van der Waals surface area contributed by atoms with Crippen molar-refractivity contribution in [3.63, 3.8) is 0 Å². The molecule has 0 unspecified atom stereocenters. The van der Waals surface area contributed by atoms with E-state index in [0.717, 1.165) is 12.7 Å². The lowest BCUT2D eigenvalue weighted by atomic mass is 10.1. The van der Waals surface area contributed by atoms with Gasteiger partial charge in [-0.05, 0) is 59.0 Å². The molecule has 4 rings (SSSR count). The van der Waals surface area contributed by atoms with Crippen LogP contribution in [-0.2, 0) is 16.4 Å². The number of nitrogens with one attached hydrogen (secondary N) is 2. The van der Waals surface area contributed by atoms with Gasteiger partial charge in [-0.25, -0.2) is 8.42 Å². The van der Waals surface area contributed by atoms with Crippen LogP contribution in [0.5, 0.6) is 0 Å². The van der Waals surface area contributed by atoms with E-state index >= 15 is 0 Å². The lowest BCUT2D eigenvalue weighted by molar-refractivity contribution is 0.102. The number of benzene rings is 3. The van der Waals surface area contributed by atoms with Crippen molar-refractivity contribution in [3.8, 4) is 11.1 Å². The molecule has 0 saturated heterocycles. The third-order valence-corrected chi connectivity index (χ3v) is 5.09. The van der Waals surface area contributed by atoms with Crippen LogP contribution in [0.15, 0.2) is 66.7 Å². The van der Waals surface area contributed by atoms with Crippen LogP contribution < -0.4 is 10.0 Å². The molecule has 0 saturated carbocycles. The summed E-state index contributed by atoms with van der Waals surface area (Å²) < 4.78 is 25.1. The summed E-state index contributed by atoms with van der Waals surface area (Å²) in [6.45, 7) is 0. The second-order valence-corrected chi connectivity index (χ2v) is 8.36. The molecule has 3 aromatic rings. The predicted octanol–water partition coefficient (Wildman–Crippen LogP) is 3.88. The fourth-order valence-electron chi connectivity index (χ4n) is 3.36. The topological polar surface area (TPSA) is 75.3 Å². The fourth-order valence-corrected chi connectivity index (χ4v) is 3.92. The highest BCUT2D eigenvalue weighted by Gasteiger charge is 2.18. The van der Waals surface area contributed by atoms with Gasteiger partial charge in [0.15, 0.2) is 0 Å². The highest BCUT2D eigenvalue weighted by Crippen LogP contribution is 2.37. The molecule has 0 aliphatic heterocycles. The van der Waals surface area contributed by atoms with Gasteiger partial charge >= 0.3 is 0 Å². The molecule has 1 aliphatic carbocycles. The van der Waals surface area contributed by atoms with Gasteiger partial charge in [-0.2, -0.15) is 0 Å². The van der Waals surface area contributed by atoms with Crippen LogP contribution in [0.3, 0.4) is 0 Å². The molecule has 136 valence electrons. The molecule has 5 nitrogen and oxygen atoms in total. The van der Waals surface area contributed by atoms with Crippen molar-refractivity contribution in [2.75, 3.05) is 16.3 Å². The van der Waals surface area contributed by atoms with Gasteiger partial charge < -0.3 is 5.32 Å². The van der Waals surface area contributed by atoms with E-state index in [-0.39, 0.29) is 5.91 Å². The monoisotopic (exact) mass is 378 g/mol. The Kier molecular flexibility index (Phi) is 4.20. The Morgan fingerprint density at radius 2 is 1.63 bits per heavy atom. The highest BCUT2D eigenvalue weighted by atomic mass is 32.2. The third kappa shape index (κ3) is 3.71. The number of carbonyl (C=O) groups excluding carboxylic acids is 1. The smallest absolute Gasteiger partial charge is 0.255 e. The zero-order valence-electron chi connectivity index (χ0n) is 14.7. The molecule has 1 amide bonds. The summed E-state index contributed by atoms with van der Waals surface area (Å²) in [6.07, 6.45) is 1.92. The first-order chi connectivity index (χ1) is 12.9. The molecule has 0 bridgehead atoms. The van der Waals surface area contributed by atoms with Crippen molar-refractivity contribution < 1.29 is 13.2 Å². The van der Waals surface area contributed by atoms with Crippen molar-refractivity contribution in [1.29, 1.82) is 0 Å². The SMILES string of the molecule is CS(=O)(=O)Nc1cccc(C(=O)Nc2ccc3c(c2)Cc2ccccc2-3)c1. The molecule has 27 heavy (non-hydrogen) atoms. The van der Waals surface area contributed by atoms with Crippen LogP contribution in [0.25, 0.3) is 11.1 Å². The molecule has 0 aromatic heterocycles. The average Bonchev–Trinajstić information content (AvgIpc) is 2.98. The van der Waals surface area contributed by atoms with E-state index < -0.39 is 10.0 Å². The van der Waals surface area contributed by atoms with E-state index in [1.807, 2.05) is 30.3 Å². The Bertz CT molecular complexity index is 1150. The molecule has 0 radical (unpaired) electrons. The normalized spacial score (nSPS) is 12.2. The molecule has 6 heteroatoms. The number of hydrogen-bond acceptors (Lipinski definition) is 3. The predicted molar refractivity (Wildman–Crippen MR) is 108 cm³/mol. The van der Waals surface area contributed by atoms with Crippen molar-refractivity contribution in [2.24, 2.45) is 0 Å². The highest BCUT2D eigenvalue weighted by molar-refractivity contribution is 7.92. The van der Waals surface area contributed by atoms with Crippen LogP contribution in [0, 0.1) is 0 Å². The van der Waals surface area contributed by atoms with E-state index in [0.29, 0.717) is 16.9 Å². The number of fused-ring (bicyclic) bond motifs is 3. The number of anilines is 2. The molecule has 3 aromatic carbocycles. The minimum absolute atomic E-state index is 0.289. The van der Waals surface area contributed by atoms with Gasteiger partial charge in [-0.15, -0.1) is 0 Å². The van der Waals surface area contributed by atoms with Gasteiger partial charge in [0.05, 0.1) is 6.26 Å². The van der Waals surface area contributed by atoms with Gasteiger partial charge in [0.25, 0.3) is 5.91 Å². The van der Waals surface area contributed by atoms with Gasteiger partial charge in [0.2, 0.25) is 10.0 Å². The zero-order valence-corrected chi connectivity index (χ0v) is 15.5. The minimum Gasteiger partial charge on any atom is -0.322 e. The lowest BCUT2D eigenvalue weighted by Gasteiger charge is -2.09. The van der Waals surface area contributed by atoms with Crippen LogP contribution in [0.2, 0.25) is 0 Å². The summed E-state index contributed by atoms with van der Waals surface area (Å²) in [4.78, 5) is 12.6. The van der Waals surface area contributed by atoms with Crippen LogP contribution in [0.1, 0.15) is 21.5 Å². The maximum absolute atomic E-state index is 12.6. The van der Waals surface area contributed by atoms with E-state index in [9.17, 15) is 13.2 Å². The molecular formula is C21H18N2O3S. The largest absolute Gasteiger partial charge is 0.322 e. The van der Waals surface area contributed by atoms with Crippen molar-refractivity contribution >= 4 is 27.3 Å². The fraction of sp³-hybridized carbons (Fsp3) is 0.0952. The average molecular weight is 378 g/mol. The Balaban J connectivity index is 1.54. The first kappa shape index (κ1) is 17.3. The Morgan fingerprint density at radius 1 is 0.852 bits per heavy atom. The van der Waals surface area contributed by atoms with Gasteiger partial charge in [0, 0.05) is 16.9 Å². The van der Waals surface area contributed by atoms with Crippen LogP contribution in [-0.4, -0.2) is 20.6 Å². The first-order valence-corrected chi connectivity index (χ1v) is 10.4. The number of hydrogen-bond donors (Lipinski definition) is 2. The zero-order chi connectivity index (χ0) is 19.0. The number of sulfonamides is 1. The minimum atomic E-state index is -3.39. The van der Waals surface area contributed by atoms with Crippen molar-refractivity contribution in [2.45, 2.75) is 6.42 Å².